The molecular formula is C21H32FN3O. The molecule has 1 aromatic rings. The first-order valence-corrected chi connectivity index (χ1v) is 10.0. The van der Waals surface area contributed by atoms with Gasteiger partial charge in [-0.3, -0.25) is 9.69 Å². The van der Waals surface area contributed by atoms with Crippen LogP contribution in [0.15, 0.2) is 24.3 Å². The first kappa shape index (κ1) is 19.3. The van der Waals surface area contributed by atoms with Crippen LogP contribution in [0.3, 0.4) is 0 Å². The van der Waals surface area contributed by atoms with Gasteiger partial charge in [-0.15, -0.1) is 0 Å². The van der Waals surface area contributed by atoms with Gasteiger partial charge in [-0.25, -0.2) is 4.39 Å². The molecule has 0 unspecified atom stereocenters. The Morgan fingerprint density at radius 3 is 2.50 bits per heavy atom. The normalized spacial score (nSPS) is 21.2. The first-order chi connectivity index (χ1) is 12.5. The van der Waals surface area contributed by atoms with Crippen LogP contribution in [-0.2, 0) is 11.3 Å². The van der Waals surface area contributed by atoms with Crippen LogP contribution in [0.2, 0.25) is 0 Å². The van der Waals surface area contributed by atoms with Crippen LogP contribution in [0.1, 0.15) is 38.7 Å². The smallest absolute Gasteiger partial charge is 0.225 e. The molecule has 0 atom stereocenters. The van der Waals surface area contributed by atoms with Gasteiger partial charge < -0.3 is 9.80 Å². The van der Waals surface area contributed by atoms with Gasteiger partial charge in [0.1, 0.15) is 5.82 Å². The molecule has 0 aromatic heterocycles. The Bertz CT molecular complexity index is 599. The van der Waals surface area contributed by atoms with E-state index in [1.807, 2.05) is 12.1 Å². The van der Waals surface area contributed by atoms with Crippen molar-refractivity contribution in [2.24, 2.45) is 5.92 Å². The number of likely N-dealkylation sites (tertiary alicyclic amines) is 1. The van der Waals surface area contributed by atoms with Crippen molar-refractivity contribution < 1.29 is 9.18 Å². The Kier molecular flexibility index (Phi) is 6.65. The number of halogens is 1. The molecule has 0 N–H and O–H groups in total. The molecule has 2 aliphatic rings. The summed E-state index contributed by atoms with van der Waals surface area (Å²) >= 11 is 0. The number of nitrogens with zero attached hydrogens (tertiary/aromatic N) is 3. The number of carbonyl (C=O) groups is 1. The molecule has 3 rings (SSSR count). The van der Waals surface area contributed by atoms with Crippen molar-refractivity contribution in [1.82, 2.24) is 14.7 Å². The zero-order valence-electron chi connectivity index (χ0n) is 16.2. The third-order valence-corrected chi connectivity index (χ3v) is 5.86. The second-order valence-corrected chi connectivity index (χ2v) is 7.95. The van der Waals surface area contributed by atoms with Gasteiger partial charge in [-0.05, 0) is 52.3 Å². The summed E-state index contributed by atoms with van der Waals surface area (Å²) in [5.41, 5.74) is 0.744. The maximum atomic E-state index is 13.9. The molecule has 2 saturated heterocycles. The number of hydrogen-bond acceptors (Lipinski definition) is 3. The maximum Gasteiger partial charge on any atom is 0.225 e. The van der Waals surface area contributed by atoms with E-state index >= 15 is 0 Å². The molecule has 2 fully saturated rings. The highest BCUT2D eigenvalue weighted by atomic mass is 19.1. The number of amides is 1. The summed E-state index contributed by atoms with van der Waals surface area (Å²) in [5, 5.41) is 0. The highest BCUT2D eigenvalue weighted by molar-refractivity contribution is 5.79. The van der Waals surface area contributed by atoms with Crippen molar-refractivity contribution in [3.8, 4) is 0 Å². The van der Waals surface area contributed by atoms with Crippen LogP contribution in [-0.4, -0.2) is 65.9 Å². The molecule has 0 spiro atoms. The largest absolute Gasteiger partial charge is 0.341 e. The molecule has 2 heterocycles. The minimum Gasteiger partial charge on any atom is -0.341 e. The Morgan fingerprint density at radius 1 is 1.08 bits per heavy atom. The molecule has 0 radical (unpaired) electrons. The van der Waals surface area contributed by atoms with Crippen molar-refractivity contribution in [2.75, 3.05) is 39.3 Å². The van der Waals surface area contributed by atoms with Crippen LogP contribution in [0.25, 0.3) is 0 Å². The van der Waals surface area contributed by atoms with E-state index in [0.29, 0.717) is 18.5 Å². The molecule has 0 aliphatic carbocycles. The fraction of sp³-hybridized carbons (Fsp3) is 0.667. The molecular weight excluding hydrogens is 329 g/mol. The fourth-order valence-corrected chi connectivity index (χ4v) is 4.14. The predicted molar refractivity (Wildman–Crippen MR) is 102 cm³/mol. The SMILES string of the molecule is CC(C)N1CCC(C(=O)N2CCCN(Cc3ccccc3F)CC2)CC1. The van der Waals surface area contributed by atoms with E-state index in [-0.39, 0.29) is 11.7 Å². The topological polar surface area (TPSA) is 26.8 Å². The minimum atomic E-state index is -0.137. The molecule has 0 saturated carbocycles. The molecule has 1 amide bonds. The van der Waals surface area contributed by atoms with Crippen molar-refractivity contribution in [3.05, 3.63) is 35.6 Å². The van der Waals surface area contributed by atoms with Crippen molar-refractivity contribution in [2.45, 2.75) is 45.7 Å². The number of benzene rings is 1. The third-order valence-electron chi connectivity index (χ3n) is 5.86. The Morgan fingerprint density at radius 2 is 1.81 bits per heavy atom. The minimum absolute atomic E-state index is 0.137. The van der Waals surface area contributed by atoms with Gasteiger partial charge in [0, 0.05) is 50.2 Å². The van der Waals surface area contributed by atoms with Crippen LogP contribution in [0.5, 0.6) is 0 Å². The maximum absolute atomic E-state index is 13.9. The summed E-state index contributed by atoms with van der Waals surface area (Å²) in [6.07, 6.45) is 2.92. The highest BCUT2D eigenvalue weighted by Gasteiger charge is 2.30. The number of carbonyl (C=O) groups excluding carboxylic acids is 1. The van der Waals surface area contributed by atoms with Gasteiger partial charge in [0.15, 0.2) is 0 Å². The second kappa shape index (κ2) is 8.96. The van der Waals surface area contributed by atoms with E-state index < -0.39 is 0 Å². The van der Waals surface area contributed by atoms with Crippen LogP contribution in [0, 0.1) is 11.7 Å². The lowest BCUT2D eigenvalue weighted by atomic mass is 9.94. The molecule has 26 heavy (non-hydrogen) atoms. The Balaban J connectivity index is 1.50. The molecule has 4 nitrogen and oxygen atoms in total. The summed E-state index contributed by atoms with van der Waals surface area (Å²) in [6.45, 7) is 10.5. The van der Waals surface area contributed by atoms with Gasteiger partial charge in [0.05, 0.1) is 0 Å². The van der Waals surface area contributed by atoms with Gasteiger partial charge >= 0.3 is 0 Å². The van der Waals surface area contributed by atoms with Crippen LogP contribution in [0.4, 0.5) is 4.39 Å². The fourth-order valence-electron chi connectivity index (χ4n) is 4.14. The zero-order valence-corrected chi connectivity index (χ0v) is 16.2. The van der Waals surface area contributed by atoms with Crippen LogP contribution >= 0.6 is 0 Å². The summed E-state index contributed by atoms with van der Waals surface area (Å²) in [5.74, 6) is 0.380. The van der Waals surface area contributed by atoms with Gasteiger partial charge in [-0.1, -0.05) is 18.2 Å². The first-order valence-electron chi connectivity index (χ1n) is 10.0. The van der Waals surface area contributed by atoms with E-state index in [4.69, 9.17) is 0 Å². The Labute approximate surface area is 157 Å². The monoisotopic (exact) mass is 361 g/mol. The quantitative estimate of drug-likeness (QED) is 0.825. The van der Waals surface area contributed by atoms with Crippen molar-refractivity contribution >= 4 is 5.91 Å². The van der Waals surface area contributed by atoms with E-state index in [0.717, 1.165) is 64.1 Å². The molecule has 144 valence electrons. The van der Waals surface area contributed by atoms with Gasteiger partial charge in [0.2, 0.25) is 5.91 Å². The molecule has 0 bridgehead atoms. The molecule has 2 aliphatic heterocycles. The van der Waals surface area contributed by atoms with E-state index in [1.54, 1.807) is 6.07 Å². The summed E-state index contributed by atoms with van der Waals surface area (Å²) in [4.78, 5) is 19.7. The highest BCUT2D eigenvalue weighted by Crippen LogP contribution is 2.22. The second-order valence-electron chi connectivity index (χ2n) is 7.95. The number of piperidine rings is 1. The van der Waals surface area contributed by atoms with Crippen molar-refractivity contribution in [3.63, 3.8) is 0 Å². The summed E-state index contributed by atoms with van der Waals surface area (Å²) in [7, 11) is 0. The Hall–Kier alpha value is -1.46. The van der Waals surface area contributed by atoms with E-state index in [9.17, 15) is 9.18 Å². The van der Waals surface area contributed by atoms with E-state index in [2.05, 4.69) is 28.5 Å². The standard InChI is InChI=1S/C21H32FN3O/c1-17(2)24-12-8-18(9-13-24)21(26)25-11-5-10-23(14-15-25)16-19-6-3-4-7-20(19)22/h3-4,6-7,17-18H,5,8-16H2,1-2H3. The zero-order chi connectivity index (χ0) is 18.5. The van der Waals surface area contributed by atoms with Gasteiger partial charge in [0.25, 0.3) is 0 Å². The van der Waals surface area contributed by atoms with Gasteiger partial charge in [-0.2, -0.15) is 0 Å². The summed E-state index contributed by atoms with van der Waals surface area (Å²) in [6, 6.07) is 7.55. The molecule has 5 heteroatoms. The lowest BCUT2D eigenvalue weighted by Gasteiger charge is -2.36. The van der Waals surface area contributed by atoms with Crippen molar-refractivity contribution in [1.29, 1.82) is 0 Å². The average Bonchev–Trinajstić information content (AvgIpc) is 2.89. The lowest BCUT2D eigenvalue weighted by molar-refractivity contribution is -0.137. The molecule has 1 aromatic carbocycles. The number of hydrogen-bond donors (Lipinski definition) is 0. The number of rotatable bonds is 4. The summed E-state index contributed by atoms with van der Waals surface area (Å²) < 4.78 is 13.9. The lowest BCUT2D eigenvalue weighted by Crippen LogP contribution is -2.45. The predicted octanol–water partition coefficient (Wildman–Crippen LogP) is 2.98. The van der Waals surface area contributed by atoms with E-state index in [1.165, 1.54) is 6.07 Å². The van der Waals surface area contributed by atoms with Crippen LogP contribution < -0.4 is 0 Å². The average molecular weight is 362 g/mol. The third kappa shape index (κ3) is 4.83.